The zero-order valence-electron chi connectivity index (χ0n) is 13.0. The summed E-state index contributed by atoms with van der Waals surface area (Å²) in [5.41, 5.74) is 2.19. The highest BCUT2D eigenvalue weighted by Crippen LogP contribution is 2.10. The van der Waals surface area contributed by atoms with Crippen LogP contribution in [0.5, 0.6) is 0 Å². The highest BCUT2D eigenvalue weighted by atomic mass is 16.3. The van der Waals surface area contributed by atoms with E-state index in [1.807, 2.05) is 36.0 Å². The van der Waals surface area contributed by atoms with Crippen LogP contribution in [0.3, 0.4) is 0 Å². The maximum atomic E-state index is 12.0. The zero-order valence-corrected chi connectivity index (χ0v) is 13.0. The van der Waals surface area contributed by atoms with Crippen LogP contribution in [0.2, 0.25) is 0 Å². The van der Waals surface area contributed by atoms with E-state index in [2.05, 4.69) is 17.0 Å². The lowest BCUT2D eigenvalue weighted by Gasteiger charge is -2.35. The van der Waals surface area contributed by atoms with E-state index in [0.29, 0.717) is 6.54 Å². The van der Waals surface area contributed by atoms with E-state index in [0.717, 1.165) is 38.3 Å². The predicted molar refractivity (Wildman–Crippen MR) is 82.8 cm³/mol. The largest absolute Gasteiger partial charge is 0.392 e. The minimum absolute atomic E-state index is 0.0902. The lowest BCUT2D eigenvalue weighted by molar-refractivity contribution is -0.133. The van der Waals surface area contributed by atoms with Crippen molar-refractivity contribution in [2.75, 3.05) is 46.8 Å². The smallest absolute Gasteiger partial charge is 0.236 e. The van der Waals surface area contributed by atoms with Crippen LogP contribution in [0.1, 0.15) is 11.1 Å². The Bertz CT molecular complexity index is 451. The second-order valence-electron chi connectivity index (χ2n) is 5.87. The first kappa shape index (κ1) is 15.9. The molecule has 1 heterocycles. The van der Waals surface area contributed by atoms with Gasteiger partial charge in [-0.1, -0.05) is 24.3 Å². The lowest BCUT2D eigenvalue weighted by atomic mass is 10.1. The molecule has 5 nitrogen and oxygen atoms in total. The average molecular weight is 291 g/mol. The van der Waals surface area contributed by atoms with Crippen molar-refractivity contribution in [1.82, 2.24) is 14.7 Å². The van der Waals surface area contributed by atoms with Gasteiger partial charge in [0.25, 0.3) is 0 Å². The molecule has 2 rings (SSSR count). The van der Waals surface area contributed by atoms with Gasteiger partial charge in [-0.2, -0.15) is 0 Å². The number of carbonyl (C=O) groups excluding carboxylic acids is 1. The van der Waals surface area contributed by atoms with Gasteiger partial charge in [-0.05, 0) is 25.2 Å². The molecule has 1 aliphatic heterocycles. The Morgan fingerprint density at radius 3 is 2.19 bits per heavy atom. The van der Waals surface area contributed by atoms with Crippen LogP contribution < -0.4 is 0 Å². The van der Waals surface area contributed by atoms with Crippen molar-refractivity contribution in [2.24, 2.45) is 0 Å². The number of aliphatic hydroxyl groups excluding tert-OH is 1. The summed E-state index contributed by atoms with van der Waals surface area (Å²) in [6.07, 6.45) is 0. The van der Waals surface area contributed by atoms with Crippen LogP contribution in [0.25, 0.3) is 0 Å². The van der Waals surface area contributed by atoms with E-state index in [-0.39, 0.29) is 12.5 Å². The Kier molecular flexibility index (Phi) is 5.73. The van der Waals surface area contributed by atoms with Crippen molar-refractivity contribution in [2.45, 2.75) is 13.2 Å². The van der Waals surface area contributed by atoms with Gasteiger partial charge in [0.2, 0.25) is 5.91 Å². The maximum Gasteiger partial charge on any atom is 0.236 e. The normalized spacial score (nSPS) is 16.5. The van der Waals surface area contributed by atoms with Gasteiger partial charge in [-0.25, -0.2) is 0 Å². The molecule has 1 fully saturated rings. The third kappa shape index (κ3) is 4.81. The molecule has 5 heteroatoms. The maximum absolute atomic E-state index is 12.0. The summed E-state index contributed by atoms with van der Waals surface area (Å²) in [5, 5.41) is 9.04. The van der Waals surface area contributed by atoms with E-state index < -0.39 is 0 Å². The molecule has 0 aromatic heterocycles. The zero-order chi connectivity index (χ0) is 15.2. The van der Waals surface area contributed by atoms with Gasteiger partial charge in [-0.15, -0.1) is 0 Å². The van der Waals surface area contributed by atoms with E-state index in [9.17, 15) is 4.79 Å². The second kappa shape index (κ2) is 7.54. The number of hydrogen-bond donors (Lipinski definition) is 1. The van der Waals surface area contributed by atoms with E-state index in [4.69, 9.17) is 5.11 Å². The van der Waals surface area contributed by atoms with Gasteiger partial charge in [0, 0.05) is 32.7 Å². The van der Waals surface area contributed by atoms with Crippen molar-refractivity contribution < 1.29 is 9.90 Å². The van der Waals surface area contributed by atoms with E-state index in [1.165, 1.54) is 5.56 Å². The summed E-state index contributed by atoms with van der Waals surface area (Å²) >= 11 is 0. The van der Waals surface area contributed by atoms with Gasteiger partial charge in [-0.3, -0.25) is 9.69 Å². The third-order valence-corrected chi connectivity index (χ3v) is 3.79. The Morgan fingerprint density at radius 1 is 1.10 bits per heavy atom. The monoisotopic (exact) mass is 291 g/mol. The number of likely N-dealkylation sites (N-methyl/N-ethyl adjacent to an activating group) is 1. The molecule has 0 radical (unpaired) electrons. The number of carbonyl (C=O) groups is 1. The fourth-order valence-corrected chi connectivity index (χ4v) is 2.53. The van der Waals surface area contributed by atoms with Crippen molar-refractivity contribution >= 4 is 5.91 Å². The molecule has 1 N–H and O–H groups in total. The van der Waals surface area contributed by atoms with Gasteiger partial charge >= 0.3 is 0 Å². The van der Waals surface area contributed by atoms with Crippen molar-refractivity contribution in [1.29, 1.82) is 0 Å². The number of rotatable bonds is 5. The molecule has 0 atom stereocenters. The van der Waals surface area contributed by atoms with Crippen LogP contribution in [-0.4, -0.2) is 72.5 Å². The molecule has 1 saturated heterocycles. The van der Waals surface area contributed by atoms with Gasteiger partial charge in [0.05, 0.1) is 13.2 Å². The first-order valence-electron chi connectivity index (χ1n) is 7.42. The minimum atomic E-state index is 0.0902. The number of amides is 1. The first-order valence-corrected chi connectivity index (χ1v) is 7.42. The molecule has 21 heavy (non-hydrogen) atoms. The highest BCUT2D eigenvalue weighted by Gasteiger charge is 2.21. The van der Waals surface area contributed by atoms with Crippen LogP contribution >= 0.6 is 0 Å². The van der Waals surface area contributed by atoms with Crippen LogP contribution in [0, 0.1) is 0 Å². The van der Waals surface area contributed by atoms with Crippen molar-refractivity contribution in [3.05, 3.63) is 35.4 Å². The number of hydrogen-bond acceptors (Lipinski definition) is 4. The van der Waals surface area contributed by atoms with Crippen molar-refractivity contribution in [3.63, 3.8) is 0 Å². The van der Waals surface area contributed by atoms with Gasteiger partial charge in [0.1, 0.15) is 0 Å². The molecule has 0 saturated carbocycles. The van der Waals surface area contributed by atoms with Crippen molar-refractivity contribution in [3.8, 4) is 0 Å². The quantitative estimate of drug-likeness (QED) is 0.852. The van der Waals surface area contributed by atoms with Crippen LogP contribution in [0.4, 0.5) is 0 Å². The lowest BCUT2D eigenvalue weighted by Crippen LogP contribution is -2.50. The molecule has 0 bridgehead atoms. The van der Waals surface area contributed by atoms with Crippen LogP contribution in [0.15, 0.2) is 24.3 Å². The Labute approximate surface area is 126 Å². The molecule has 0 aliphatic carbocycles. The fourth-order valence-electron chi connectivity index (χ4n) is 2.53. The molecule has 1 aliphatic rings. The highest BCUT2D eigenvalue weighted by molar-refractivity contribution is 5.78. The first-order chi connectivity index (χ1) is 10.1. The summed E-state index contributed by atoms with van der Waals surface area (Å²) in [4.78, 5) is 18.2. The molecular formula is C16H25N3O2. The summed E-state index contributed by atoms with van der Waals surface area (Å²) in [6, 6.07) is 8.06. The second-order valence-corrected chi connectivity index (χ2v) is 5.87. The topological polar surface area (TPSA) is 47.0 Å². The number of benzene rings is 1. The molecule has 1 amide bonds. The summed E-state index contributed by atoms with van der Waals surface area (Å²) < 4.78 is 0. The molecular weight excluding hydrogens is 266 g/mol. The molecule has 0 unspecified atom stereocenters. The summed E-state index contributed by atoms with van der Waals surface area (Å²) in [6.45, 7) is 4.93. The van der Waals surface area contributed by atoms with Crippen LogP contribution in [-0.2, 0) is 17.9 Å². The van der Waals surface area contributed by atoms with Gasteiger partial charge in [0.15, 0.2) is 0 Å². The molecule has 1 aromatic rings. The standard InChI is InChI=1S/C16H25N3O2/c1-17(2)12-16(21)19-9-7-18(8-10-19)11-14-3-5-15(13-20)6-4-14/h3-6,20H,7-13H2,1-2H3. The summed E-state index contributed by atoms with van der Waals surface area (Å²) in [5.74, 6) is 0.215. The molecule has 116 valence electrons. The Morgan fingerprint density at radius 2 is 1.67 bits per heavy atom. The number of piperazine rings is 1. The van der Waals surface area contributed by atoms with E-state index in [1.54, 1.807) is 0 Å². The minimum Gasteiger partial charge on any atom is -0.392 e. The molecule has 1 aromatic carbocycles. The van der Waals surface area contributed by atoms with E-state index >= 15 is 0 Å². The number of nitrogens with zero attached hydrogens (tertiary/aromatic N) is 3. The Balaban J connectivity index is 1.79. The summed E-state index contributed by atoms with van der Waals surface area (Å²) in [7, 11) is 3.84. The third-order valence-electron chi connectivity index (χ3n) is 3.79. The fraction of sp³-hybridized carbons (Fsp3) is 0.562. The Hall–Kier alpha value is -1.43. The van der Waals surface area contributed by atoms with Gasteiger partial charge < -0.3 is 14.9 Å². The SMILES string of the molecule is CN(C)CC(=O)N1CCN(Cc2ccc(CO)cc2)CC1. The average Bonchev–Trinajstić information content (AvgIpc) is 2.48. The molecule has 0 spiro atoms. The predicted octanol–water partition coefficient (Wildman–Crippen LogP) is 0.385. The number of aliphatic hydroxyl groups is 1.